The maximum Gasteiger partial charge on any atom is 0.395 e. The number of para-hydroxylation sites is 2. The average Bonchev–Trinajstić information content (AvgIpc) is 3.35. The van der Waals surface area contributed by atoms with Crippen molar-refractivity contribution in [1.29, 1.82) is 0 Å². The number of nitrogens with zero attached hydrogens (tertiary/aromatic N) is 3. The van der Waals surface area contributed by atoms with E-state index in [-0.39, 0.29) is 30.8 Å². The predicted molar refractivity (Wildman–Crippen MR) is 127 cm³/mol. The number of rotatable bonds is 9. The number of benzene rings is 1. The van der Waals surface area contributed by atoms with Crippen molar-refractivity contribution in [3.05, 3.63) is 46.8 Å². The molecule has 14 heteroatoms. The van der Waals surface area contributed by atoms with Crippen LogP contribution in [0.4, 0.5) is 10.2 Å². The zero-order valence-electron chi connectivity index (χ0n) is 20.2. The normalized spacial score (nSPS) is 21.4. The summed E-state index contributed by atoms with van der Waals surface area (Å²) in [6.45, 7) is 1.34. The molecule has 2 N–H and O–H groups in total. The molecule has 0 spiro atoms. The Hall–Kier alpha value is -3.12. The van der Waals surface area contributed by atoms with Crippen LogP contribution in [0.15, 0.2) is 40.0 Å². The molecule has 12 nitrogen and oxygen atoms in total. The highest BCUT2D eigenvalue weighted by molar-refractivity contribution is 7.34. The summed E-state index contributed by atoms with van der Waals surface area (Å²) in [5, 5.41) is 0. The van der Waals surface area contributed by atoms with E-state index in [1.165, 1.54) is 13.0 Å². The summed E-state index contributed by atoms with van der Waals surface area (Å²) in [7, 11) is -2.60. The molecule has 1 unspecified atom stereocenters. The van der Waals surface area contributed by atoms with Gasteiger partial charge in [-0.3, -0.25) is 9.09 Å². The SMILES string of the molecule is C[C@H](N=[P+]([O-])Oc1ccccc1OC[C@H]1OC[C@@H](n2cc(F)c(N)nc2=O)O1)C(=O)OC1CCCCC1. The molecular formula is C23H28FN4O8P. The molecule has 1 saturated carbocycles. The van der Waals surface area contributed by atoms with Gasteiger partial charge in [0.25, 0.3) is 0 Å². The van der Waals surface area contributed by atoms with Crippen LogP contribution in [0.3, 0.4) is 0 Å². The van der Waals surface area contributed by atoms with Gasteiger partial charge in [0.2, 0.25) is 5.75 Å². The van der Waals surface area contributed by atoms with Crippen molar-refractivity contribution >= 4 is 20.0 Å². The number of halogens is 1. The number of esters is 1. The van der Waals surface area contributed by atoms with Crippen molar-refractivity contribution in [2.45, 2.75) is 63.7 Å². The lowest BCUT2D eigenvalue weighted by Crippen LogP contribution is -2.30. The van der Waals surface area contributed by atoms with Gasteiger partial charge in [0.1, 0.15) is 12.7 Å². The minimum absolute atomic E-state index is 0.0449. The molecule has 1 saturated heterocycles. The van der Waals surface area contributed by atoms with Crippen LogP contribution >= 0.6 is 8.17 Å². The molecule has 1 aliphatic heterocycles. The molecule has 37 heavy (non-hydrogen) atoms. The first-order valence-electron chi connectivity index (χ1n) is 11.9. The fourth-order valence-electron chi connectivity index (χ4n) is 3.89. The second-order valence-electron chi connectivity index (χ2n) is 8.59. The Balaban J connectivity index is 1.31. The van der Waals surface area contributed by atoms with Crippen LogP contribution in [-0.2, 0) is 19.0 Å². The molecule has 1 aromatic heterocycles. The third-order valence-electron chi connectivity index (χ3n) is 5.82. The highest BCUT2D eigenvalue weighted by atomic mass is 31.1. The van der Waals surface area contributed by atoms with Crippen molar-refractivity contribution in [2.75, 3.05) is 18.9 Å². The minimum Gasteiger partial charge on any atom is -0.575 e. The Kier molecular flexibility index (Phi) is 9.04. The van der Waals surface area contributed by atoms with Gasteiger partial charge in [-0.15, -0.1) is 0 Å². The molecule has 0 bridgehead atoms. The first-order chi connectivity index (χ1) is 17.8. The number of aromatic nitrogens is 2. The van der Waals surface area contributed by atoms with E-state index >= 15 is 0 Å². The van der Waals surface area contributed by atoms with Gasteiger partial charge in [-0.2, -0.15) is 4.98 Å². The quantitative estimate of drug-likeness (QED) is 0.371. The summed E-state index contributed by atoms with van der Waals surface area (Å²) in [6, 6.07) is 5.49. The van der Waals surface area contributed by atoms with Gasteiger partial charge >= 0.3 is 19.8 Å². The van der Waals surface area contributed by atoms with E-state index in [0.29, 0.717) is 0 Å². The van der Waals surface area contributed by atoms with Gasteiger partial charge in [0.15, 0.2) is 35.9 Å². The van der Waals surface area contributed by atoms with Gasteiger partial charge in [-0.1, -0.05) is 23.3 Å². The number of carbonyl (C=O) groups excluding carboxylic acids is 1. The molecule has 2 fully saturated rings. The van der Waals surface area contributed by atoms with Crippen molar-refractivity contribution in [1.82, 2.24) is 9.55 Å². The summed E-state index contributed by atoms with van der Waals surface area (Å²) >= 11 is 0. The molecule has 2 heterocycles. The van der Waals surface area contributed by atoms with Gasteiger partial charge < -0.3 is 29.6 Å². The number of ether oxygens (including phenoxy) is 4. The Bertz CT molecular complexity index is 1190. The standard InChI is InChI=1S/C23H28FN4O8P/c1-14(22(29)34-15-7-3-2-4-8-15)27-37(31)36-18-10-6-5-9-17(18)32-13-20-33-12-19(35-20)28-11-16(24)21(25)26-23(28)30/h5-6,9-11,14-15,19-20H,2-4,7-8,12-13H2,1H3,(H2,25,26,30)/t14-,19-,20-/m0/s1. The first kappa shape index (κ1) is 26.9. The molecule has 0 amide bonds. The average molecular weight is 538 g/mol. The fourth-order valence-corrected chi connectivity index (χ4v) is 4.63. The van der Waals surface area contributed by atoms with E-state index in [2.05, 4.69) is 9.73 Å². The molecule has 1 aliphatic carbocycles. The highest BCUT2D eigenvalue weighted by Crippen LogP contribution is 2.34. The van der Waals surface area contributed by atoms with Crippen LogP contribution in [-0.4, -0.2) is 47.2 Å². The molecule has 4 atom stereocenters. The maximum absolute atomic E-state index is 13.7. The summed E-state index contributed by atoms with van der Waals surface area (Å²) in [4.78, 5) is 40.2. The Morgan fingerprint density at radius 2 is 2.05 bits per heavy atom. The fraction of sp³-hybridized carbons (Fsp3) is 0.522. The van der Waals surface area contributed by atoms with Gasteiger partial charge in [-0.05, 0) is 44.7 Å². The summed E-state index contributed by atoms with van der Waals surface area (Å²) < 4.78 is 46.2. The van der Waals surface area contributed by atoms with Crippen molar-refractivity contribution in [2.24, 2.45) is 4.74 Å². The number of nitrogen functional groups attached to an aromatic ring is 1. The molecule has 200 valence electrons. The smallest absolute Gasteiger partial charge is 0.395 e. The van der Waals surface area contributed by atoms with Crippen LogP contribution in [0, 0.1) is 5.82 Å². The van der Waals surface area contributed by atoms with Gasteiger partial charge in [-0.25, -0.2) is 14.0 Å². The monoisotopic (exact) mass is 538 g/mol. The lowest BCUT2D eigenvalue weighted by Gasteiger charge is -2.22. The second kappa shape index (κ2) is 12.4. The van der Waals surface area contributed by atoms with Crippen LogP contribution < -0.4 is 25.6 Å². The predicted octanol–water partition coefficient (Wildman–Crippen LogP) is 2.41. The molecule has 2 aliphatic rings. The number of carbonyl (C=O) groups is 1. The molecule has 1 aromatic carbocycles. The Morgan fingerprint density at radius 3 is 2.81 bits per heavy atom. The van der Waals surface area contributed by atoms with E-state index in [0.717, 1.165) is 42.9 Å². The van der Waals surface area contributed by atoms with Crippen LogP contribution in [0.2, 0.25) is 0 Å². The maximum atomic E-state index is 13.7. The topological polar surface area (TPSA) is 160 Å². The molecule has 0 radical (unpaired) electrons. The third-order valence-corrected chi connectivity index (χ3v) is 6.71. The zero-order valence-corrected chi connectivity index (χ0v) is 21.1. The molecule has 2 aromatic rings. The zero-order chi connectivity index (χ0) is 26.4. The van der Waals surface area contributed by atoms with E-state index in [9.17, 15) is 18.9 Å². The largest absolute Gasteiger partial charge is 0.575 e. The van der Waals surface area contributed by atoms with Crippen LogP contribution in [0.1, 0.15) is 45.3 Å². The number of hydrogen-bond donors (Lipinski definition) is 1. The summed E-state index contributed by atoms with van der Waals surface area (Å²) in [5.74, 6) is -1.53. The lowest BCUT2D eigenvalue weighted by molar-refractivity contribution is -0.170. The van der Waals surface area contributed by atoms with Gasteiger partial charge in [0.05, 0.1) is 12.8 Å². The highest BCUT2D eigenvalue weighted by Gasteiger charge is 2.30. The summed E-state index contributed by atoms with van der Waals surface area (Å²) in [6.07, 6.45) is 3.79. The Morgan fingerprint density at radius 1 is 1.32 bits per heavy atom. The number of nitrogens with two attached hydrogens (primary N) is 1. The summed E-state index contributed by atoms with van der Waals surface area (Å²) in [5.41, 5.74) is 4.52. The number of hydrogen-bond acceptors (Lipinski definition) is 11. The molecular weight excluding hydrogens is 510 g/mol. The van der Waals surface area contributed by atoms with Crippen LogP contribution in [0.5, 0.6) is 11.5 Å². The van der Waals surface area contributed by atoms with Crippen LogP contribution in [0.25, 0.3) is 0 Å². The van der Waals surface area contributed by atoms with Gasteiger partial charge in [0, 0.05) is 0 Å². The van der Waals surface area contributed by atoms with E-state index in [4.69, 9.17) is 29.2 Å². The Labute approximate surface area is 213 Å². The minimum atomic E-state index is -2.60. The van der Waals surface area contributed by atoms with Crippen molar-refractivity contribution in [3.63, 3.8) is 0 Å². The van der Waals surface area contributed by atoms with Crippen molar-refractivity contribution in [3.8, 4) is 11.5 Å². The van der Waals surface area contributed by atoms with E-state index in [1.54, 1.807) is 18.2 Å². The molecule has 4 rings (SSSR count). The third kappa shape index (κ3) is 7.22. The van der Waals surface area contributed by atoms with Crippen molar-refractivity contribution < 1.29 is 37.5 Å². The first-order valence-corrected chi connectivity index (χ1v) is 13.0. The van der Waals surface area contributed by atoms with E-state index in [1.807, 2.05) is 0 Å². The lowest BCUT2D eigenvalue weighted by atomic mass is 9.98. The second-order valence-corrected chi connectivity index (χ2v) is 9.48. The number of anilines is 1. The van der Waals surface area contributed by atoms with E-state index < -0.39 is 50.0 Å².